The van der Waals surface area contributed by atoms with E-state index in [-0.39, 0.29) is 0 Å². The van der Waals surface area contributed by atoms with Crippen LogP contribution in [0.5, 0.6) is 0 Å². The second kappa shape index (κ2) is 5.64. The Balaban J connectivity index is 1.82. The SMILES string of the molecule is CCC1CCN(C(CN)c2ccccc2C2CC2)C1. The fraction of sp³-hybridized carbons (Fsp3) is 0.647. The zero-order chi connectivity index (χ0) is 13.2. The van der Waals surface area contributed by atoms with E-state index in [4.69, 9.17) is 5.73 Å². The minimum absolute atomic E-state index is 0.438. The molecule has 0 aromatic heterocycles. The average molecular weight is 258 g/mol. The number of benzene rings is 1. The van der Waals surface area contributed by atoms with Crippen LogP contribution in [0.2, 0.25) is 0 Å². The molecule has 1 saturated carbocycles. The van der Waals surface area contributed by atoms with Gasteiger partial charge in [-0.15, -0.1) is 0 Å². The highest BCUT2D eigenvalue weighted by Gasteiger charge is 2.32. The van der Waals surface area contributed by atoms with Crippen LogP contribution >= 0.6 is 0 Å². The first-order valence-corrected chi connectivity index (χ1v) is 7.86. The molecule has 0 radical (unpaired) electrons. The Morgan fingerprint density at radius 1 is 1.26 bits per heavy atom. The van der Waals surface area contributed by atoms with Crippen molar-refractivity contribution in [1.82, 2.24) is 4.90 Å². The molecule has 1 aliphatic heterocycles. The zero-order valence-corrected chi connectivity index (χ0v) is 12.0. The minimum atomic E-state index is 0.438. The van der Waals surface area contributed by atoms with E-state index in [2.05, 4.69) is 36.1 Å². The molecular weight excluding hydrogens is 232 g/mol. The van der Waals surface area contributed by atoms with Gasteiger partial charge in [-0.1, -0.05) is 37.6 Å². The molecule has 0 amide bonds. The molecule has 1 heterocycles. The van der Waals surface area contributed by atoms with Crippen molar-refractivity contribution in [3.05, 3.63) is 35.4 Å². The Morgan fingerprint density at radius 3 is 2.68 bits per heavy atom. The summed E-state index contributed by atoms with van der Waals surface area (Å²) in [5, 5.41) is 0. The van der Waals surface area contributed by atoms with Crippen molar-refractivity contribution in [1.29, 1.82) is 0 Å². The van der Waals surface area contributed by atoms with Gasteiger partial charge in [-0.05, 0) is 48.8 Å². The van der Waals surface area contributed by atoms with Gasteiger partial charge in [0.25, 0.3) is 0 Å². The largest absolute Gasteiger partial charge is 0.329 e. The quantitative estimate of drug-likeness (QED) is 0.878. The van der Waals surface area contributed by atoms with Crippen LogP contribution in [0.3, 0.4) is 0 Å². The van der Waals surface area contributed by atoms with E-state index >= 15 is 0 Å². The van der Waals surface area contributed by atoms with Crippen LogP contribution < -0.4 is 5.73 Å². The maximum Gasteiger partial charge on any atom is 0.0473 e. The van der Waals surface area contributed by atoms with E-state index in [0.29, 0.717) is 6.04 Å². The van der Waals surface area contributed by atoms with Gasteiger partial charge in [-0.3, -0.25) is 4.90 Å². The number of nitrogens with zero attached hydrogens (tertiary/aromatic N) is 1. The molecule has 2 atom stereocenters. The molecule has 1 saturated heterocycles. The second-order valence-corrected chi connectivity index (χ2v) is 6.21. The number of likely N-dealkylation sites (tertiary alicyclic amines) is 1. The number of hydrogen-bond donors (Lipinski definition) is 1. The van der Waals surface area contributed by atoms with E-state index in [1.54, 1.807) is 5.56 Å². The van der Waals surface area contributed by atoms with E-state index in [9.17, 15) is 0 Å². The molecule has 3 rings (SSSR count). The molecule has 1 aromatic rings. The van der Waals surface area contributed by atoms with Crippen molar-refractivity contribution >= 4 is 0 Å². The monoisotopic (exact) mass is 258 g/mol. The van der Waals surface area contributed by atoms with Crippen molar-refractivity contribution in [2.45, 2.75) is 44.6 Å². The first-order chi connectivity index (χ1) is 9.33. The highest BCUT2D eigenvalue weighted by atomic mass is 15.2. The maximum absolute atomic E-state index is 6.12. The van der Waals surface area contributed by atoms with Crippen LogP contribution in [0.15, 0.2) is 24.3 Å². The Hall–Kier alpha value is -0.860. The highest BCUT2D eigenvalue weighted by Crippen LogP contribution is 2.44. The first-order valence-electron chi connectivity index (χ1n) is 7.86. The van der Waals surface area contributed by atoms with E-state index < -0.39 is 0 Å². The van der Waals surface area contributed by atoms with Gasteiger partial charge in [0, 0.05) is 19.1 Å². The van der Waals surface area contributed by atoms with Gasteiger partial charge in [0.05, 0.1) is 0 Å². The van der Waals surface area contributed by atoms with Crippen LogP contribution in [0.1, 0.15) is 55.7 Å². The van der Waals surface area contributed by atoms with Gasteiger partial charge in [0.1, 0.15) is 0 Å². The van der Waals surface area contributed by atoms with Gasteiger partial charge in [-0.2, -0.15) is 0 Å². The Bertz CT molecular complexity index is 425. The van der Waals surface area contributed by atoms with E-state index in [0.717, 1.165) is 18.4 Å². The minimum Gasteiger partial charge on any atom is -0.329 e. The number of hydrogen-bond acceptors (Lipinski definition) is 2. The lowest BCUT2D eigenvalue weighted by Gasteiger charge is -2.29. The first kappa shape index (κ1) is 13.1. The fourth-order valence-corrected chi connectivity index (χ4v) is 3.53. The summed E-state index contributed by atoms with van der Waals surface area (Å²) in [6.07, 6.45) is 5.38. The van der Waals surface area contributed by atoms with Gasteiger partial charge in [0.15, 0.2) is 0 Å². The number of rotatable bonds is 5. The molecule has 2 unspecified atom stereocenters. The topological polar surface area (TPSA) is 29.3 Å². The summed E-state index contributed by atoms with van der Waals surface area (Å²) >= 11 is 0. The standard InChI is InChI=1S/C17H26N2/c1-2-13-9-10-19(12-13)17(11-18)16-6-4-3-5-15(16)14-7-8-14/h3-6,13-14,17H,2,7-12,18H2,1H3. The smallest absolute Gasteiger partial charge is 0.0473 e. The lowest BCUT2D eigenvalue weighted by atomic mass is 9.96. The molecule has 2 nitrogen and oxygen atoms in total. The van der Waals surface area contributed by atoms with Crippen molar-refractivity contribution in [3.8, 4) is 0 Å². The summed E-state index contributed by atoms with van der Waals surface area (Å²) < 4.78 is 0. The average Bonchev–Trinajstić information content (AvgIpc) is 3.19. The molecule has 0 bridgehead atoms. The molecule has 2 heteroatoms. The lowest BCUT2D eigenvalue weighted by Crippen LogP contribution is -2.32. The van der Waals surface area contributed by atoms with Gasteiger partial charge < -0.3 is 5.73 Å². The molecule has 104 valence electrons. The third-order valence-corrected chi connectivity index (χ3v) is 4.93. The van der Waals surface area contributed by atoms with Crippen molar-refractivity contribution < 1.29 is 0 Å². The molecule has 2 aliphatic rings. The maximum atomic E-state index is 6.12. The molecule has 2 fully saturated rings. The van der Waals surface area contributed by atoms with Gasteiger partial charge in [0.2, 0.25) is 0 Å². The van der Waals surface area contributed by atoms with Crippen molar-refractivity contribution in [2.24, 2.45) is 11.7 Å². The third-order valence-electron chi connectivity index (χ3n) is 4.93. The lowest BCUT2D eigenvalue weighted by molar-refractivity contribution is 0.240. The third kappa shape index (κ3) is 2.70. The van der Waals surface area contributed by atoms with Gasteiger partial charge >= 0.3 is 0 Å². The summed E-state index contributed by atoms with van der Waals surface area (Å²) in [7, 11) is 0. The Labute approximate surface area is 117 Å². The van der Waals surface area contributed by atoms with E-state index in [1.165, 1.54) is 44.3 Å². The molecule has 2 N–H and O–H groups in total. The second-order valence-electron chi connectivity index (χ2n) is 6.21. The summed E-state index contributed by atoms with van der Waals surface area (Å²) in [4.78, 5) is 2.62. The van der Waals surface area contributed by atoms with E-state index in [1.807, 2.05) is 0 Å². The zero-order valence-electron chi connectivity index (χ0n) is 12.0. The van der Waals surface area contributed by atoms with Crippen LogP contribution in [0.4, 0.5) is 0 Å². The Kier molecular flexibility index (Phi) is 3.90. The summed E-state index contributed by atoms with van der Waals surface area (Å²) in [5.74, 6) is 1.69. The normalized spacial score (nSPS) is 25.7. The Morgan fingerprint density at radius 2 is 2.05 bits per heavy atom. The van der Waals surface area contributed by atoms with Crippen LogP contribution in [-0.4, -0.2) is 24.5 Å². The van der Waals surface area contributed by atoms with Crippen LogP contribution in [0, 0.1) is 5.92 Å². The molecule has 0 spiro atoms. The summed E-state index contributed by atoms with van der Waals surface area (Å²) in [6, 6.07) is 9.43. The fourth-order valence-electron chi connectivity index (χ4n) is 3.53. The number of nitrogens with two attached hydrogens (primary N) is 1. The molecular formula is C17H26N2. The predicted molar refractivity (Wildman–Crippen MR) is 80.2 cm³/mol. The van der Waals surface area contributed by atoms with Crippen molar-refractivity contribution in [3.63, 3.8) is 0 Å². The van der Waals surface area contributed by atoms with Gasteiger partial charge in [-0.25, -0.2) is 0 Å². The predicted octanol–water partition coefficient (Wildman–Crippen LogP) is 3.30. The van der Waals surface area contributed by atoms with Crippen LogP contribution in [-0.2, 0) is 0 Å². The molecule has 1 aromatic carbocycles. The molecule has 1 aliphatic carbocycles. The van der Waals surface area contributed by atoms with Crippen LogP contribution in [0.25, 0.3) is 0 Å². The highest BCUT2D eigenvalue weighted by molar-refractivity contribution is 5.36. The van der Waals surface area contributed by atoms with Crippen molar-refractivity contribution in [2.75, 3.05) is 19.6 Å². The summed E-state index contributed by atoms with van der Waals surface area (Å²) in [6.45, 7) is 5.51. The molecule has 19 heavy (non-hydrogen) atoms. The summed E-state index contributed by atoms with van der Waals surface area (Å²) in [5.41, 5.74) is 9.19.